The number of allylic oxidation sites excluding steroid dienone is 6. The standard InChI is InChI=1S/C36H35F3N4O2/c1-4-6-21-43(22-7-5-2)30-20-19-27(33(23-30)44-3)15-11-8-9-14-18-32-31(26-42)34(28(24-40)25-41)45-35(32,36(37,38)39)29-16-12-10-13-17-29/h8-20,23H,4-7,21-22H2,1-3H3. The molecule has 0 aliphatic carbocycles. The van der Waals surface area contributed by atoms with E-state index in [2.05, 4.69) is 24.8 Å². The molecule has 0 amide bonds. The molecule has 0 aromatic heterocycles. The predicted octanol–water partition coefficient (Wildman–Crippen LogP) is 8.84. The molecule has 0 saturated carbocycles. The maximum absolute atomic E-state index is 14.9. The van der Waals surface area contributed by atoms with E-state index in [4.69, 9.17) is 9.47 Å². The van der Waals surface area contributed by atoms with Gasteiger partial charge in [-0.2, -0.15) is 29.0 Å². The molecule has 1 unspecified atom stereocenters. The van der Waals surface area contributed by atoms with Gasteiger partial charge >= 0.3 is 6.18 Å². The summed E-state index contributed by atoms with van der Waals surface area (Å²) in [4.78, 5) is 2.36. The fourth-order valence-electron chi connectivity index (χ4n) is 4.97. The molecule has 3 rings (SSSR count). The fourth-order valence-corrected chi connectivity index (χ4v) is 4.97. The Labute approximate surface area is 262 Å². The lowest BCUT2D eigenvalue weighted by molar-refractivity contribution is -0.249. The Bertz CT molecular complexity index is 1590. The molecule has 0 fully saturated rings. The van der Waals surface area contributed by atoms with Crippen LogP contribution in [-0.2, 0) is 10.3 Å². The average Bonchev–Trinajstić information content (AvgIpc) is 3.39. The van der Waals surface area contributed by atoms with Crippen molar-refractivity contribution in [3.05, 3.63) is 113 Å². The Morgan fingerprint density at radius 3 is 2.07 bits per heavy atom. The number of anilines is 1. The van der Waals surface area contributed by atoms with Crippen molar-refractivity contribution in [2.75, 3.05) is 25.1 Å². The van der Waals surface area contributed by atoms with Crippen molar-refractivity contribution in [1.82, 2.24) is 0 Å². The number of benzene rings is 2. The van der Waals surface area contributed by atoms with E-state index in [1.54, 1.807) is 31.4 Å². The molecule has 1 aliphatic rings. The third-order valence-corrected chi connectivity index (χ3v) is 7.29. The van der Waals surface area contributed by atoms with E-state index in [9.17, 15) is 29.0 Å². The highest BCUT2D eigenvalue weighted by Crippen LogP contribution is 2.55. The Kier molecular flexibility index (Phi) is 12.2. The summed E-state index contributed by atoms with van der Waals surface area (Å²) in [5.74, 6) is -0.00811. The second-order valence-corrected chi connectivity index (χ2v) is 10.2. The summed E-state index contributed by atoms with van der Waals surface area (Å²) in [6, 6.07) is 17.6. The van der Waals surface area contributed by atoms with Crippen LogP contribution in [0.5, 0.6) is 5.75 Å². The van der Waals surface area contributed by atoms with Crippen molar-refractivity contribution in [3.63, 3.8) is 0 Å². The molecule has 0 N–H and O–H groups in total. The normalized spacial score (nSPS) is 16.6. The van der Waals surface area contributed by atoms with Crippen molar-refractivity contribution in [2.45, 2.75) is 51.3 Å². The molecule has 2 aromatic rings. The minimum absolute atomic E-state index is 0.294. The maximum atomic E-state index is 14.9. The van der Waals surface area contributed by atoms with Gasteiger partial charge in [0, 0.05) is 41.5 Å². The molecular weight excluding hydrogens is 577 g/mol. The van der Waals surface area contributed by atoms with Crippen LogP contribution in [-0.4, -0.2) is 26.4 Å². The van der Waals surface area contributed by atoms with Gasteiger partial charge in [-0.3, -0.25) is 0 Å². The first kappa shape index (κ1) is 34.3. The second kappa shape index (κ2) is 16.0. The van der Waals surface area contributed by atoms with Gasteiger partial charge in [-0.05, 0) is 25.0 Å². The van der Waals surface area contributed by atoms with E-state index >= 15 is 0 Å². The number of ether oxygens (including phenoxy) is 2. The van der Waals surface area contributed by atoms with E-state index in [1.165, 1.54) is 48.6 Å². The summed E-state index contributed by atoms with van der Waals surface area (Å²) in [6.07, 6.45) is 8.52. The van der Waals surface area contributed by atoms with Crippen LogP contribution in [0.1, 0.15) is 50.7 Å². The molecule has 0 spiro atoms. The number of hydrogen-bond donors (Lipinski definition) is 0. The average molecular weight is 613 g/mol. The Morgan fingerprint density at radius 2 is 1.53 bits per heavy atom. The van der Waals surface area contributed by atoms with Gasteiger partial charge in [0.15, 0.2) is 11.3 Å². The zero-order chi connectivity index (χ0) is 32.9. The summed E-state index contributed by atoms with van der Waals surface area (Å²) >= 11 is 0. The van der Waals surface area contributed by atoms with Crippen molar-refractivity contribution in [3.8, 4) is 24.0 Å². The first-order chi connectivity index (χ1) is 21.7. The van der Waals surface area contributed by atoms with E-state index in [0.717, 1.165) is 56.1 Å². The molecule has 0 radical (unpaired) electrons. The predicted molar refractivity (Wildman–Crippen MR) is 168 cm³/mol. The number of halogens is 3. The zero-order valence-corrected chi connectivity index (χ0v) is 25.6. The van der Waals surface area contributed by atoms with Crippen molar-refractivity contribution < 1.29 is 22.6 Å². The van der Waals surface area contributed by atoms with E-state index in [1.807, 2.05) is 18.2 Å². The van der Waals surface area contributed by atoms with Crippen molar-refractivity contribution >= 4 is 11.8 Å². The molecule has 1 heterocycles. The smallest absolute Gasteiger partial charge is 0.437 e. The van der Waals surface area contributed by atoms with Crippen LogP contribution in [0.3, 0.4) is 0 Å². The van der Waals surface area contributed by atoms with Gasteiger partial charge in [0.2, 0.25) is 0 Å². The number of rotatable bonds is 13. The number of nitriles is 3. The minimum atomic E-state index is -5.04. The Hall–Kier alpha value is -5.20. The molecule has 6 nitrogen and oxygen atoms in total. The van der Waals surface area contributed by atoms with Crippen LogP contribution < -0.4 is 9.64 Å². The van der Waals surface area contributed by atoms with Gasteiger partial charge in [0.1, 0.15) is 29.5 Å². The topological polar surface area (TPSA) is 93.1 Å². The second-order valence-electron chi connectivity index (χ2n) is 10.2. The maximum Gasteiger partial charge on any atom is 0.437 e. The van der Waals surface area contributed by atoms with Crippen LogP contribution in [0.25, 0.3) is 6.08 Å². The number of alkyl halides is 3. The molecule has 0 bridgehead atoms. The van der Waals surface area contributed by atoms with Crippen molar-refractivity contribution in [2.24, 2.45) is 0 Å². The summed E-state index contributed by atoms with van der Waals surface area (Å²) in [7, 11) is 1.61. The third-order valence-electron chi connectivity index (χ3n) is 7.29. The zero-order valence-electron chi connectivity index (χ0n) is 25.6. The lowest BCUT2D eigenvalue weighted by Crippen LogP contribution is -2.43. The molecule has 45 heavy (non-hydrogen) atoms. The highest BCUT2D eigenvalue weighted by molar-refractivity contribution is 5.65. The highest BCUT2D eigenvalue weighted by Gasteiger charge is 2.65. The molecule has 9 heteroatoms. The number of methoxy groups -OCH3 is 1. The molecular formula is C36H35F3N4O2. The first-order valence-electron chi connectivity index (χ1n) is 14.7. The quantitative estimate of drug-likeness (QED) is 0.166. The van der Waals surface area contributed by atoms with Crippen LogP contribution >= 0.6 is 0 Å². The molecule has 2 aromatic carbocycles. The van der Waals surface area contributed by atoms with Gasteiger partial charge in [0.25, 0.3) is 5.60 Å². The van der Waals surface area contributed by atoms with Gasteiger partial charge < -0.3 is 14.4 Å². The van der Waals surface area contributed by atoms with Crippen LogP contribution in [0.4, 0.5) is 18.9 Å². The van der Waals surface area contributed by atoms with Crippen LogP contribution in [0.15, 0.2) is 101 Å². The van der Waals surface area contributed by atoms with E-state index in [0.29, 0.717) is 5.75 Å². The lowest BCUT2D eigenvalue weighted by atomic mass is 9.84. The summed E-state index contributed by atoms with van der Waals surface area (Å²) < 4.78 is 55.6. The first-order valence-corrected chi connectivity index (χ1v) is 14.7. The molecule has 1 atom stereocenters. The summed E-state index contributed by atoms with van der Waals surface area (Å²) in [5, 5.41) is 28.6. The van der Waals surface area contributed by atoms with Crippen LogP contribution in [0.2, 0.25) is 0 Å². The number of nitrogens with zero attached hydrogens (tertiary/aromatic N) is 4. The van der Waals surface area contributed by atoms with Gasteiger partial charge in [-0.1, -0.05) is 93.5 Å². The van der Waals surface area contributed by atoms with E-state index in [-0.39, 0.29) is 5.56 Å². The Morgan fingerprint density at radius 1 is 0.911 bits per heavy atom. The van der Waals surface area contributed by atoms with Crippen LogP contribution in [0, 0.1) is 34.0 Å². The number of hydrogen-bond acceptors (Lipinski definition) is 6. The Balaban J connectivity index is 1.96. The lowest BCUT2D eigenvalue weighted by Gasteiger charge is -2.33. The van der Waals surface area contributed by atoms with Crippen molar-refractivity contribution in [1.29, 1.82) is 15.8 Å². The summed E-state index contributed by atoms with van der Waals surface area (Å²) in [6.45, 7) is 6.26. The largest absolute Gasteiger partial charge is 0.496 e. The third kappa shape index (κ3) is 7.66. The van der Waals surface area contributed by atoms with Gasteiger partial charge in [0.05, 0.1) is 7.11 Å². The van der Waals surface area contributed by atoms with Gasteiger partial charge in [-0.15, -0.1) is 0 Å². The highest BCUT2D eigenvalue weighted by atomic mass is 19.4. The SMILES string of the molecule is CCCCN(CCCC)c1ccc(C=CC=CC=CC2=C(C#N)C(=C(C#N)C#N)OC2(c2ccccc2)C(F)(F)F)c(OC)c1. The monoisotopic (exact) mass is 612 g/mol. The fraction of sp³-hybridized carbons (Fsp3) is 0.306. The molecule has 0 saturated heterocycles. The van der Waals surface area contributed by atoms with Gasteiger partial charge in [-0.25, -0.2) is 0 Å². The number of unbranched alkanes of at least 4 members (excludes halogenated alkanes) is 2. The molecule has 1 aliphatic heterocycles. The molecule has 232 valence electrons. The minimum Gasteiger partial charge on any atom is -0.496 e. The summed E-state index contributed by atoms with van der Waals surface area (Å²) in [5.41, 5.74) is -3.26. The van der Waals surface area contributed by atoms with E-state index < -0.39 is 34.3 Å².